The Morgan fingerprint density at radius 2 is 1.79 bits per heavy atom. The first kappa shape index (κ1) is 29.0. The highest BCUT2D eigenvalue weighted by Gasteiger charge is 2.45. The molecule has 2 saturated carbocycles. The molecular formula is C32H35Cl2N3O5. The average Bonchev–Trinajstić information content (AvgIpc) is 3.39. The number of ether oxygens (including phenoxy) is 2. The number of aromatic nitrogens is 1. The predicted molar refractivity (Wildman–Crippen MR) is 161 cm³/mol. The summed E-state index contributed by atoms with van der Waals surface area (Å²) < 4.78 is 17.6. The fourth-order valence-corrected chi connectivity index (χ4v) is 6.68. The maximum absolute atomic E-state index is 12.5. The molecule has 2 aliphatic carbocycles. The van der Waals surface area contributed by atoms with E-state index in [9.17, 15) is 9.59 Å². The summed E-state index contributed by atoms with van der Waals surface area (Å²) in [6.07, 6.45) is 4.30. The predicted octanol–water partition coefficient (Wildman–Crippen LogP) is 6.78. The molecule has 0 unspecified atom stereocenters. The summed E-state index contributed by atoms with van der Waals surface area (Å²) in [7, 11) is 0. The summed E-state index contributed by atoms with van der Waals surface area (Å²) in [6.45, 7) is 6.51. The quantitative estimate of drug-likeness (QED) is 0.266. The van der Waals surface area contributed by atoms with Gasteiger partial charge in [0.1, 0.15) is 23.6 Å². The van der Waals surface area contributed by atoms with Crippen LogP contribution in [-0.2, 0) is 20.9 Å². The minimum atomic E-state index is -0.591. The zero-order valence-corrected chi connectivity index (χ0v) is 25.5. The topological polar surface area (TPSA) is 93.9 Å². The Morgan fingerprint density at radius 1 is 1.07 bits per heavy atom. The molecule has 3 aliphatic rings. The zero-order chi connectivity index (χ0) is 29.6. The summed E-state index contributed by atoms with van der Waals surface area (Å²) in [4.78, 5) is 26.9. The van der Waals surface area contributed by atoms with Crippen molar-refractivity contribution in [3.63, 3.8) is 0 Å². The number of rotatable bonds is 9. The number of fused-ring (bicyclic) bond motifs is 2. The van der Waals surface area contributed by atoms with Crippen LogP contribution in [0.1, 0.15) is 74.1 Å². The van der Waals surface area contributed by atoms with Gasteiger partial charge in [0, 0.05) is 46.8 Å². The van der Waals surface area contributed by atoms with Gasteiger partial charge in [0.25, 0.3) is 5.91 Å². The van der Waals surface area contributed by atoms with Gasteiger partial charge in [-0.15, -0.1) is 0 Å². The van der Waals surface area contributed by atoms with E-state index in [0.29, 0.717) is 51.4 Å². The number of carbonyl (C=O) groups excluding carboxylic acids is 2. The Kier molecular flexibility index (Phi) is 7.98. The lowest BCUT2D eigenvalue weighted by atomic mass is 10.0. The van der Waals surface area contributed by atoms with Gasteiger partial charge in [0.2, 0.25) is 0 Å². The van der Waals surface area contributed by atoms with E-state index in [4.69, 9.17) is 37.2 Å². The zero-order valence-electron chi connectivity index (χ0n) is 24.0. The van der Waals surface area contributed by atoms with Crippen molar-refractivity contribution in [2.75, 3.05) is 18.0 Å². The van der Waals surface area contributed by atoms with Crippen molar-refractivity contribution < 1.29 is 23.6 Å². The molecule has 8 nitrogen and oxygen atoms in total. The van der Waals surface area contributed by atoms with Crippen LogP contribution in [0.25, 0.3) is 11.3 Å². The lowest BCUT2D eigenvalue weighted by Crippen LogP contribution is -2.38. The Balaban J connectivity index is 1.06. The number of piperidine rings is 1. The van der Waals surface area contributed by atoms with Crippen LogP contribution in [-0.4, -0.2) is 47.9 Å². The Labute approximate surface area is 255 Å². The van der Waals surface area contributed by atoms with Gasteiger partial charge in [-0.3, -0.25) is 9.59 Å². The van der Waals surface area contributed by atoms with Crippen LogP contribution in [0.15, 0.2) is 47.0 Å². The number of benzene rings is 2. The molecule has 1 saturated heterocycles. The highest BCUT2D eigenvalue weighted by molar-refractivity contribution is 6.39. The van der Waals surface area contributed by atoms with Crippen LogP contribution in [0, 0.1) is 5.92 Å². The van der Waals surface area contributed by atoms with Crippen molar-refractivity contribution in [1.29, 1.82) is 0 Å². The first-order chi connectivity index (χ1) is 20.1. The molecule has 2 bridgehead atoms. The van der Waals surface area contributed by atoms with Crippen LogP contribution in [0.4, 0.5) is 5.69 Å². The van der Waals surface area contributed by atoms with E-state index >= 15 is 0 Å². The number of anilines is 1. The summed E-state index contributed by atoms with van der Waals surface area (Å²) in [5.74, 6) is 0.906. The molecule has 1 aromatic heterocycles. The summed E-state index contributed by atoms with van der Waals surface area (Å²) in [5, 5.41) is 8.10. The smallest absolute Gasteiger partial charge is 0.325 e. The molecule has 2 aromatic carbocycles. The Morgan fingerprint density at radius 3 is 2.40 bits per heavy atom. The molecule has 2 heterocycles. The molecular weight excluding hydrogens is 577 g/mol. The maximum Gasteiger partial charge on any atom is 0.325 e. The van der Waals surface area contributed by atoms with E-state index in [1.807, 2.05) is 30.3 Å². The van der Waals surface area contributed by atoms with E-state index in [-0.39, 0.29) is 18.6 Å². The Bertz CT molecular complexity index is 1460. The molecule has 222 valence electrons. The summed E-state index contributed by atoms with van der Waals surface area (Å²) >= 11 is 13.0. The van der Waals surface area contributed by atoms with Crippen LogP contribution in [0.2, 0.25) is 10.0 Å². The molecule has 0 radical (unpaired) electrons. The lowest BCUT2D eigenvalue weighted by molar-refractivity contribution is -0.153. The minimum absolute atomic E-state index is 0.140. The van der Waals surface area contributed by atoms with Gasteiger partial charge < -0.3 is 24.2 Å². The van der Waals surface area contributed by atoms with Gasteiger partial charge in [0.05, 0.1) is 22.8 Å². The fourth-order valence-electron chi connectivity index (χ4n) is 6.10. The third-order valence-electron chi connectivity index (χ3n) is 8.16. The molecule has 1 N–H and O–H groups in total. The van der Waals surface area contributed by atoms with Crippen molar-refractivity contribution in [3.05, 3.63) is 69.4 Å². The van der Waals surface area contributed by atoms with Crippen molar-refractivity contribution in [2.45, 2.75) is 76.7 Å². The third kappa shape index (κ3) is 6.17. The number of hydrogen-bond donors (Lipinski definition) is 1. The largest absolute Gasteiger partial charge is 0.459 e. The molecule has 42 heavy (non-hydrogen) atoms. The van der Waals surface area contributed by atoms with Crippen LogP contribution in [0.5, 0.6) is 0 Å². The van der Waals surface area contributed by atoms with Gasteiger partial charge in [-0.25, -0.2) is 0 Å². The molecule has 10 heteroatoms. The SMILES string of the molecule is CC(C)(C)OC(=O)CNC(=O)c1ccc(N2C[C@@H]3C[C@H]2C[C@H]3OCc2c(-c3c(Cl)cccc3Cl)noc2C2CC2)cc1. The summed E-state index contributed by atoms with van der Waals surface area (Å²) in [5.41, 5.74) is 3.31. The third-order valence-corrected chi connectivity index (χ3v) is 8.79. The number of esters is 1. The number of hydrogen-bond acceptors (Lipinski definition) is 7. The molecule has 6 rings (SSSR count). The molecule has 1 aliphatic heterocycles. The van der Waals surface area contributed by atoms with E-state index < -0.39 is 11.6 Å². The standard InChI is InChI=1S/C32H35Cl2N3O5/c1-32(2,3)41-27(38)15-35-31(39)19-9-11-21(12-10-19)37-16-20-13-22(37)14-26(20)40-17-23-29(36-42-30(23)18-7-8-18)28-24(33)5-4-6-25(28)34/h4-6,9-12,18,20,22,26H,7-8,13-17H2,1-3H3,(H,35,39)/t20-,22-,26+/m0/s1. The molecule has 1 amide bonds. The highest BCUT2D eigenvalue weighted by Crippen LogP contribution is 2.47. The summed E-state index contributed by atoms with van der Waals surface area (Å²) in [6, 6.07) is 13.4. The second-order valence-corrected chi connectivity index (χ2v) is 13.3. The van der Waals surface area contributed by atoms with Gasteiger partial charge >= 0.3 is 5.97 Å². The monoisotopic (exact) mass is 611 g/mol. The first-order valence-corrected chi connectivity index (χ1v) is 15.2. The van der Waals surface area contributed by atoms with Crippen molar-refractivity contribution >= 4 is 40.8 Å². The maximum atomic E-state index is 12.5. The van der Waals surface area contributed by atoms with Crippen molar-refractivity contribution in [3.8, 4) is 11.3 Å². The molecule has 0 spiro atoms. The average molecular weight is 613 g/mol. The normalized spacial score (nSPS) is 21.5. The van der Waals surface area contributed by atoms with E-state index in [0.717, 1.165) is 49.2 Å². The van der Waals surface area contributed by atoms with Crippen LogP contribution < -0.4 is 10.2 Å². The minimum Gasteiger partial charge on any atom is -0.459 e. The number of carbonyl (C=O) groups is 2. The first-order valence-electron chi connectivity index (χ1n) is 14.5. The van der Waals surface area contributed by atoms with E-state index in [1.54, 1.807) is 32.9 Å². The van der Waals surface area contributed by atoms with E-state index in [2.05, 4.69) is 15.4 Å². The molecule has 3 fully saturated rings. The second kappa shape index (κ2) is 11.5. The van der Waals surface area contributed by atoms with Crippen LogP contribution >= 0.6 is 23.2 Å². The lowest BCUT2D eigenvalue weighted by Gasteiger charge is -2.33. The molecule has 3 aromatic rings. The highest BCUT2D eigenvalue weighted by atomic mass is 35.5. The van der Waals surface area contributed by atoms with Gasteiger partial charge in [-0.2, -0.15) is 0 Å². The van der Waals surface area contributed by atoms with Gasteiger partial charge in [-0.05, 0) is 82.9 Å². The number of nitrogens with one attached hydrogen (secondary N) is 1. The van der Waals surface area contributed by atoms with E-state index in [1.165, 1.54) is 0 Å². The number of amides is 1. The van der Waals surface area contributed by atoms with Gasteiger partial charge in [-0.1, -0.05) is 34.4 Å². The van der Waals surface area contributed by atoms with Crippen molar-refractivity contribution in [1.82, 2.24) is 10.5 Å². The number of halogens is 2. The molecule has 3 atom stereocenters. The van der Waals surface area contributed by atoms with Crippen LogP contribution in [0.3, 0.4) is 0 Å². The second-order valence-electron chi connectivity index (χ2n) is 12.4. The fraction of sp³-hybridized carbons (Fsp3) is 0.469. The Hall–Kier alpha value is -3.07. The van der Waals surface area contributed by atoms with Gasteiger partial charge in [0.15, 0.2) is 0 Å². The number of nitrogens with zero attached hydrogens (tertiary/aromatic N) is 2. The van der Waals surface area contributed by atoms with Crippen molar-refractivity contribution in [2.24, 2.45) is 5.92 Å².